The number of amides is 1. The van der Waals surface area contributed by atoms with Crippen LogP contribution in [-0.2, 0) is 11.3 Å². The number of fused-ring (bicyclic) bond motifs is 1. The van der Waals surface area contributed by atoms with E-state index >= 15 is 0 Å². The molecule has 0 aliphatic rings. The van der Waals surface area contributed by atoms with E-state index in [9.17, 15) is 18.4 Å². The largest absolute Gasteiger partial charge is 0.300 e. The van der Waals surface area contributed by atoms with Crippen LogP contribution in [0.1, 0.15) is 17.9 Å². The lowest BCUT2D eigenvalue weighted by atomic mass is 10.2. The number of anilines is 1. The number of nitrogens with one attached hydrogen (secondary N) is 1. The quantitative estimate of drug-likeness (QED) is 0.748. The molecular weight excluding hydrogens is 342 g/mol. The number of carbonyl (C=O) groups is 1. The molecule has 1 N–H and O–H groups in total. The lowest BCUT2D eigenvalue weighted by Crippen LogP contribution is -2.26. The van der Waals surface area contributed by atoms with Gasteiger partial charge in [0.15, 0.2) is 5.01 Å². The Kier molecular flexibility index (Phi) is 4.51. The number of hydrogen-bond donors (Lipinski definition) is 1. The molecule has 124 valence electrons. The van der Waals surface area contributed by atoms with Crippen LogP contribution in [0.5, 0.6) is 0 Å². The average Bonchev–Trinajstić information content (AvgIpc) is 3.03. The van der Waals surface area contributed by atoms with Gasteiger partial charge in [-0.2, -0.15) is 0 Å². The monoisotopic (exact) mass is 352 g/mol. The number of nitrogens with zero attached hydrogens (tertiary/aromatic N) is 5. The first-order valence-electron chi connectivity index (χ1n) is 6.78. The summed E-state index contributed by atoms with van der Waals surface area (Å²) < 4.78 is 25.9. The molecule has 1 amide bonds. The maximum atomic E-state index is 12.4. The van der Waals surface area contributed by atoms with Gasteiger partial charge < -0.3 is 5.32 Å². The molecule has 0 fully saturated rings. The Morgan fingerprint density at radius 3 is 2.79 bits per heavy atom. The van der Waals surface area contributed by atoms with Gasteiger partial charge >= 0.3 is 0 Å². The van der Waals surface area contributed by atoms with Crippen molar-refractivity contribution in [3.63, 3.8) is 0 Å². The van der Waals surface area contributed by atoms with Crippen molar-refractivity contribution in [1.29, 1.82) is 0 Å². The number of halogens is 2. The third-order valence-electron chi connectivity index (χ3n) is 3.05. The zero-order chi connectivity index (χ0) is 17.1. The Balaban J connectivity index is 1.66. The van der Waals surface area contributed by atoms with Crippen molar-refractivity contribution in [3.05, 3.63) is 39.6 Å². The molecule has 0 spiro atoms. The van der Waals surface area contributed by atoms with E-state index in [0.29, 0.717) is 22.2 Å². The molecule has 3 aromatic rings. The summed E-state index contributed by atoms with van der Waals surface area (Å²) in [4.78, 5) is 24.0. The Bertz CT molecular complexity index is 941. The molecule has 11 heteroatoms. The van der Waals surface area contributed by atoms with E-state index in [1.54, 1.807) is 24.3 Å². The lowest BCUT2D eigenvalue weighted by molar-refractivity contribution is -0.116. The van der Waals surface area contributed by atoms with Gasteiger partial charge in [0, 0.05) is 6.42 Å². The summed E-state index contributed by atoms with van der Waals surface area (Å²) in [7, 11) is 0. The Labute approximate surface area is 137 Å². The van der Waals surface area contributed by atoms with Gasteiger partial charge in [-0.1, -0.05) is 28.7 Å². The van der Waals surface area contributed by atoms with Crippen molar-refractivity contribution in [3.8, 4) is 0 Å². The topological polar surface area (TPSA) is 103 Å². The van der Waals surface area contributed by atoms with E-state index in [1.807, 2.05) is 0 Å². The number of carbonyl (C=O) groups excluding carboxylic acids is 1. The summed E-state index contributed by atoms with van der Waals surface area (Å²) in [6, 6.07) is 6.73. The molecule has 0 saturated heterocycles. The average molecular weight is 352 g/mol. The molecule has 1 aromatic carbocycles. The minimum Gasteiger partial charge on any atom is -0.300 e. The molecule has 0 atom stereocenters. The fraction of sp³-hybridized carbons (Fsp3) is 0.231. The van der Waals surface area contributed by atoms with Crippen LogP contribution in [0.2, 0.25) is 0 Å². The van der Waals surface area contributed by atoms with E-state index in [1.165, 1.54) is 0 Å². The number of aryl methyl sites for hydroxylation is 1. The number of alkyl halides is 2. The van der Waals surface area contributed by atoms with Gasteiger partial charge in [0.1, 0.15) is 5.52 Å². The van der Waals surface area contributed by atoms with E-state index in [0.717, 1.165) is 4.68 Å². The van der Waals surface area contributed by atoms with Crippen LogP contribution < -0.4 is 10.9 Å². The molecule has 3 rings (SSSR count). The highest BCUT2D eigenvalue weighted by Crippen LogP contribution is 2.25. The number of rotatable bonds is 5. The third kappa shape index (κ3) is 3.40. The van der Waals surface area contributed by atoms with E-state index in [-0.39, 0.29) is 23.7 Å². The summed E-state index contributed by atoms with van der Waals surface area (Å²) in [5.74, 6) is -0.492. The first-order valence-corrected chi connectivity index (χ1v) is 7.60. The second kappa shape index (κ2) is 6.74. The fourth-order valence-electron chi connectivity index (χ4n) is 1.93. The summed E-state index contributed by atoms with van der Waals surface area (Å²) in [6.45, 7) is 0.00299. The maximum Gasteiger partial charge on any atom is 0.291 e. The smallest absolute Gasteiger partial charge is 0.291 e. The minimum absolute atomic E-state index is 0.00299. The van der Waals surface area contributed by atoms with Crippen molar-refractivity contribution in [1.82, 2.24) is 25.2 Å². The fourth-order valence-corrected chi connectivity index (χ4v) is 2.55. The van der Waals surface area contributed by atoms with Crippen molar-refractivity contribution in [2.24, 2.45) is 0 Å². The molecule has 24 heavy (non-hydrogen) atoms. The van der Waals surface area contributed by atoms with Crippen LogP contribution in [0.25, 0.3) is 10.9 Å². The number of benzene rings is 1. The second-order valence-corrected chi connectivity index (χ2v) is 5.69. The second-order valence-electron chi connectivity index (χ2n) is 4.68. The van der Waals surface area contributed by atoms with Gasteiger partial charge in [-0.05, 0) is 12.1 Å². The van der Waals surface area contributed by atoms with Crippen molar-refractivity contribution in [2.75, 3.05) is 5.32 Å². The Hall–Kier alpha value is -2.82. The van der Waals surface area contributed by atoms with Crippen molar-refractivity contribution >= 4 is 33.3 Å². The molecule has 0 radical (unpaired) electrons. The van der Waals surface area contributed by atoms with Crippen LogP contribution in [0.15, 0.2) is 29.1 Å². The summed E-state index contributed by atoms with van der Waals surface area (Å²) >= 11 is 0.595. The predicted molar refractivity (Wildman–Crippen MR) is 81.9 cm³/mol. The maximum absolute atomic E-state index is 12.4. The minimum atomic E-state index is -2.74. The molecule has 8 nitrogen and oxygen atoms in total. The van der Waals surface area contributed by atoms with Gasteiger partial charge in [-0.25, -0.2) is 13.5 Å². The number of aromatic nitrogens is 5. The van der Waals surface area contributed by atoms with Crippen LogP contribution in [0.3, 0.4) is 0 Å². The van der Waals surface area contributed by atoms with Gasteiger partial charge in [-0.3, -0.25) is 9.59 Å². The molecule has 0 aliphatic carbocycles. The SMILES string of the molecule is O=C(CCn1nnc2ccccc2c1=O)Nc1nnc(C(F)F)s1. The van der Waals surface area contributed by atoms with Crippen molar-refractivity contribution < 1.29 is 13.6 Å². The summed E-state index contributed by atoms with van der Waals surface area (Å²) in [6.07, 6.45) is -2.82. The lowest BCUT2D eigenvalue weighted by Gasteiger charge is -2.04. The summed E-state index contributed by atoms with van der Waals surface area (Å²) in [5.41, 5.74) is 0.112. The molecule has 2 heterocycles. The Morgan fingerprint density at radius 1 is 1.25 bits per heavy atom. The highest BCUT2D eigenvalue weighted by Gasteiger charge is 2.15. The molecule has 2 aromatic heterocycles. The molecule has 0 unspecified atom stereocenters. The molecule has 0 saturated carbocycles. The molecule has 0 aliphatic heterocycles. The van der Waals surface area contributed by atoms with Gasteiger partial charge in [0.2, 0.25) is 11.0 Å². The van der Waals surface area contributed by atoms with Crippen LogP contribution in [0, 0.1) is 0 Å². The predicted octanol–water partition coefficient (Wildman–Crippen LogP) is 1.61. The van der Waals surface area contributed by atoms with Crippen LogP contribution >= 0.6 is 11.3 Å². The zero-order valence-corrected chi connectivity index (χ0v) is 12.8. The summed E-state index contributed by atoms with van der Waals surface area (Å²) in [5, 5.41) is 16.6. The van der Waals surface area contributed by atoms with E-state index in [4.69, 9.17) is 0 Å². The molecular formula is C13H10F2N6O2S. The standard InChI is InChI=1S/C13H10F2N6O2S/c14-10(15)11-18-19-13(24-11)16-9(22)5-6-21-12(23)7-3-1-2-4-8(7)17-20-21/h1-4,10H,5-6H2,(H,16,19,22). The van der Waals surface area contributed by atoms with Crippen molar-refractivity contribution in [2.45, 2.75) is 19.4 Å². The normalized spacial score (nSPS) is 11.1. The van der Waals surface area contributed by atoms with Gasteiger partial charge in [0.25, 0.3) is 12.0 Å². The van der Waals surface area contributed by atoms with E-state index in [2.05, 4.69) is 25.8 Å². The van der Waals surface area contributed by atoms with Crippen LogP contribution in [0.4, 0.5) is 13.9 Å². The van der Waals surface area contributed by atoms with Gasteiger partial charge in [0.05, 0.1) is 11.9 Å². The zero-order valence-electron chi connectivity index (χ0n) is 12.0. The first kappa shape index (κ1) is 16.1. The van der Waals surface area contributed by atoms with E-state index < -0.39 is 17.3 Å². The highest BCUT2D eigenvalue weighted by molar-refractivity contribution is 7.15. The molecule has 0 bridgehead atoms. The third-order valence-corrected chi connectivity index (χ3v) is 3.90. The van der Waals surface area contributed by atoms with Gasteiger partial charge in [-0.15, -0.1) is 15.3 Å². The number of hydrogen-bond acceptors (Lipinski definition) is 7. The van der Waals surface area contributed by atoms with Crippen LogP contribution in [-0.4, -0.2) is 31.1 Å². The highest BCUT2D eigenvalue weighted by atomic mass is 32.1. The Morgan fingerprint density at radius 2 is 2.04 bits per heavy atom. The first-order chi connectivity index (χ1) is 11.5.